The number of methoxy groups -OCH3 is 2. The molecule has 0 unspecified atom stereocenters. The van der Waals surface area contributed by atoms with Crippen LogP contribution in [0.5, 0.6) is 11.5 Å². The maximum Gasteiger partial charge on any atom is 0.280 e. The van der Waals surface area contributed by atoms with Crippen LogP contribution in [0.25, 0.3) is 22.4 Å². The van der Waals surface area contributed by atoms with Crippen LogP contribution in [0.4, 0.5) is 0 Å². The van der Waals surface area contributed by atoms with E-state index in [9.17, 15) is 9.59 Å². The Labute approximate surface area is 175 Å². The van der Waals surface area contributed by atoms with E-state index >= 15 is 0 Å². The lowest BCUT2D eigenvalue weighted by Crippen LogP contribution is -2.35. The predicted molar refractivity (Wildman–Crippen MR) is 116 cm³/mol. The number of nitrogens with zero attached hydrogens (tertiary/aromatic N) is 2. The van der Waals surface area contributed by atoms with Crippen molar-refractivity contribution >= 4 is 5.91 Å². The maximum absolute atomic E-state index is 13.2. The molecule has 156 valence electrons. The van der Waals surface area contributed by atoms with Gasteiger partial charge in [0.05, 0.1) is 26.0 Å². The molecule has 0 aliphatic carbocycles. The molecule has 2 aromatic carbocycles. The zero-order valence-electron chi connectivity index (χ0n) is 17.7. The van der Waals surface area contributed by atoms with Crippen LogP contribution < -0.4 is 20.3 Å². The van der Waals surface area contributed by atoms with Crippen LogP contribution in [0.1, 0.15) is 30.2 Å². The molecule has 30 heavy (non-hydrogen) atoms. The molecule has 1 N–H and O–H groups in total. The van der Waals surface area contributed by atoms with Crippen LogP contribution in [0.2, 0.25) is 0 Å². The molecule has 0 spiro atoms. The van der Waals surface area contributed by atoms with E-state index in [4.69, 9.17) is 9.47 Å². The van der Waals surface area contributed by atoms with Gasteiger partial charge in [0.15, 0.2) is 0 Å². The van der Waals surface area contributed by atoms with Crippen LogP contribution in [0.15, 0.2) is 53.3 Å². The van der Waals surface area contributed by atoms with Gasteiger partial charge in [-0.05, 0) is 55.8 Å². The SMILES string of the molecule is CNC(=O)c1c(-c2ccc(OC)cc2)c(-c2ccc(OC)cc2)nn(C(C)C)c1=O. The van der Waals surface area contributed by atoms with Crippen LogP contribution >= 0.6 is 0 Å². The van der Waals surface area contributed by atoms with Crippen LogP contribution in [0.3, 0.4) is 0 Å². The highest BCUT2D eigenvalue weighted by atomic mass is 16.5. The van der Waals surface area contributed by atoms with E-state index in [1.165, 1.54) is 11.7 Å². The average molecular weight is 407 g/mol. The minimum atomic E-state index is -0.461. The van der Waals surface area contributed by atoms with Gasteiger partial charge in [-0.1, -0.05) is 12.1 Å². The van der Waals surface area contributed by atoms with Gasteiger partial charge in [0.1, 0.15) is 17.1 Å². The van der Waals surface area contributed by atoms with Crippen molar-refractivity contribution in [2.45, 2.75) is 19.9 Å². The normalized spacial score (nSPS) is 10.7. The average Bonchev–Trinajstić information content (AvgIpc) is 2.78. The summed E-state index contributed by atoms with van der Waals surface area (Å²) in [6.45, 7) is 3.71. The molecule has 0 saturated heterocycles. The van der Waals surface area contributed by atoms with E-state index < -0.39 is 11.5 Å². The predicted octanol–water partition coefficient (Wildman–Crippen LogP) is 3.54. The van der Waals surface area contributed by atoms with E-state index in [0.29, 0.717) is 28.3 Å². The fourth-order valence-corrected chi connectivity index (χ4v) is 3.22. The van der Waals surface area contributed by atoms with Crippen LogP contribution in [-0.4, -0.2) is 37.0 Å². The topological polar surface area (TPSA) is 82.4 Å². The van der Waals surface area contributed by atoms with Gasteiger partial charge in [0.25, 0.3) is 11.5 Å². The second-order valence-electron chi connectivity index (χ2n) is 6.98. The summed E-state index contributed by atoms with van der Waals surface area (Å²) in [7, 11) is 4.69. The Kier molecular flexibility index (Phi) is 6.20. The van der Waals surface area contributed by atoms with E-state index in [0.717, 1.165) is 5.56 Å². The van der Waals surface area contributed by atoms with Crippen LogP contribution in [0, 0.1) is 0 Å². The van der Waals surface area contributed by atoms with Gasteiger partial charge in [-0.2, -0.15) is 5.10 Å². The number of amides is 1. The molecule has 0 bridgehead atoms. The molecule has 0 atom stereocenters. The maximum atomic E-state index is 13.2. The number of ether oxygens (including phenoxy) is 2. The number of hydrogen-bond acceptors (Lipinski definition) is 5. The summed E-state index contributed by atoms with van der Waals surface area (Å²) in [6, 6.07) is 14.3. The van der Waals surface area contributed by atoms with E-state index in [1.54, 1.807) is 26.4 Å². The first kappa shape index (κ1) is 21.1. The lowest BCUT2D eigenvalue weighted by atomic mass is 9.95. The largest absolute Gasteiger partial charge is 0.497 e. The van der Waals surface area contributed by atoms with Crippen LogP contribution in [-0.2, 0) is 0 Å². The third-order valence-electron chi connectivity index (χ3n) is 4.80. The summed E-state index contributed by atoms with van der Waals surface area (Å²) < 4.78 is 11.8. The Morgan fingerprint density at radius 1 is 0.933 bits per heavy atom. The van der Waals surface area contributed by atoms with Crippen molar-refractivity contribution in [3.63, 3.8) is 0 Å². The summed E-state index contributed by atoms with van der Waals surface area (Å²) >= 11 is 0. The highest BCUT2D eigenvalue weighted by Gasteiger charge is 2.25. The number of aromatic nitrogens is 2. The molecule has 0 saturated carbocycles. The molecule has 0 aliphatic rings. The fourth-order valence-electron chi connectivity index (χ4n) is 3.22. The zero-order chi connectivity index (χ0) is 21.8. The number of benzene rings is 2. The first-order valence-electron chi connectivity index (χ1n) is 9.59. The summed E-state index contributed by atoms with van der Waals surface area (Å²) in [5.74, 6) is 0.917. The molecule has 3 rings (SSSR count). The van der Waals surface area contributed by atoms with Gasteiger partial charge in [-0.25, -0.2) is 4.68 Å². The van der Waals surface area contributed by atoms with Gasteiger partial charge >= 0.3 is 0 Å². The number of rotatable bonds is 6. The number of nitrogens with one attached hydrogen (secondary N) is 1. The molecule has 3 aromatic rings. The first-order chi connectivity index (χ1) is 14.4. The van der Waals surface area contributed by atoms with Crippen molar-refractivity contribution in [3.8, 4) is 33.9 Å². The van der Waals surface area contributed by atoms with Crippen molar-refractivity contribution < 1.29 is 14.3 Å². The lowest BCUT2D eigenvalue weighted by Gasteiger charge is -2.18. The Morgan fingerprint density at radius 3 is 1.87 bits per heavy atom. The van der Waals surface area contributed by atoms with Gasteiger partial charge in [0, 0.05) is 18.2 Å². The van der Waals surface area contributed by atoms with Crippen molar-refractivity contribution in [2.75, 3.05) is 21.3 Å². The van der Waals surface area contributed by atoms with Gasteiger partial charge in [0.2, 0.25) is 0 Å². The monoisotopic (exact) mass is 407 g/mol. The summed E-state index contributed by atoms with van der Waals surface area (Å²) in [6.07, 6.45) is 0. The molecule has 0 aliphatic heterocycles. The Hall–Kier alpha value is -3.61. The molecule has 0 radical (unpaired) electrons. The van der Waals surface area contributed by atoms with Gasteiger partial charge in [-0.15, -0.1) is 0 Å². The smallest absolute Gasteiger partial charge is 0.280 e. The fraction of sp³-hybridized carbons (Fsp3) is 0.261. The summed E-state index contributed by atoms with van der Waals surface area (Å²) in [5, 5.41) is 7.24. The second kappa shape index (κ2) is 8.82. The highest BCUT2D eigenvalue weighted by molar-refractivity contribution is 6.03. The Bertz CT molecular complexity index is 1100. The van der Waals surface area contributed by atoms with Crippen molar-refractivity contribution in [1.82, 2.24) is 15.1 Å². The van der Waals surface area contributed by atoms with E-state index in [1.807, 2.05) is 50.2 Å². The Balaban J connectivity index is 2.40. The number of carbonyl (C=O) groups is 1. The molecule has 7 heteroatoms. The van der Waals surface area contributed by atoms with Crippen molar-refractivity contribution in [2.24, 2.45) is 0 Å². The van der Waals surface area contributed by atoms with Crippen molar-refractivity contribution in [3.05, 3.63) is 64.4 Å². The molecule has 0 fully saturated rings. The molecule has 1 amide bonds. The summed E-state index contributed by atoms with van der Waals surface area (Å²) in [5.41, 5.74) is 2.09. The molecule has 1 heterocycles. The third-order valence-corrected chi connectivity index (χ3v) is 4.80. The van der Waals surface area contributed by atoms with E-state index in [2.05, 4.69) is 10.4 Å². The molecular formula is C23H25N3O4. The first-order valence-corrected chi connectivity index (χ1v) is 9.59. The molecule has 1 aromatic heterocycles. The minimum absolute atomic E-state index is 0.0529. The van der Waals surface area contributed by atoms with E-state index in [-0.39, 0.29) is 11.6 Å². The number of carbonyl (C=O) groups excluding carboxylic acids is 1. The minimum Gasteiger partial charge on any atom is -0.497 e. The highest BCUT2D eigenvalue weighted by Crippen LogP contribution is 2.34. The Morgan fingerprint density at radius 2 is 1.43 bits per heavy atom. The third kappa shape index (κ3) is 3.91. The second-order valence-corrected chi connectivity index (χ2v) is 6.98. The summed E-state index contributed by atoms with van der Waals surface area (Å²) in [4.78, 5) is 26.0. The molecule has 7 nitrogen and oxygen atoms in total. The quantitative estimate of drug-likeness (QED) is 0.676. The van der Waals surface area contributed by atoms with Crippen molar-refractivity contribution in [1.29, 1.82) is 0 Å². The van der Waals surface area contributed by atoms with Gasteiger partial charge in [-0.3, -0.25) is 9.59 Å². The number of hydrogen-bond donors (Lipinski definition) is 1. The lowest BCUT2D eigenvalue weighted by molar-refractivity contribution is 0.0961. The molecular weight excluding hydrogens is 382 g/mol. The van der Waals surface area contributed by atoms with Gasteiger partial charge < -0.3 is 14.8 Å². The standard InChI is InChI=1S/C23H25N3O4/c1-14(2)26-23(28)20(22(27)24-3)19(15-6-10-17(29-4)11-7-15)21(25-26)16-8-12-18(30-5)13-9-16/h6-14H,1-5H3,(H,24,27). The zero-order valence-corrected chi connectivity index (χ0v) is 17.7.